The Bertz CT molecular complexity index is 783. The SMILES string of the molecule is Cc1ccc(C(=O)c2c[nH]cc2C(=O)c2ccc(C)cc2)cc1. The average molecular weight is 303 g/mol. The summed E-state index contributed by atoms with van der Waals surface area (Å²) in [7, 11) is 0. The van der Waals surface area contributed by atoms with Crippen molar-refractivity contribution in [2.75, 3.05) is 0 Å². The molecule has 3 rings (SSSR count). The highest BCUT2D eigenvalue weighted by molar-refractivity contribution is 6.19. The Balaban J connectivity index is 1.96. The summed E-state index contributed by atoms with van der Waals surface area (Å²) < 4.78 is 0. The lowest BCUT2D eigenvalue weighted by molar-refractivity contribution is 0.100. The van der Waals surface area contributed by atoms with Crippen molar-refractivity contribution in [2.45, 2.75) is 13.8 Å². The van der Waals surface area contributed by atoms with Crippen LogP contribution in [0.15, 0.2) is 60.9 Å². The van der Waals surface area contributed by atoms with Gasteiger partial charge in [-0.25, -0.2) is 0 Å². The molecule has 3 nitrogen and oxygen atoms in total. The minimum Gasteiger partial charge on any atom is -0.366 e. The summed E-state index contributed by atoms with van der Waals surface area (Å²) in [4.78, 5) is 28.2. The van der Waals surface area contributed by atoms with Gasteiger partial charge >= 0.3 is 0 Å². The molecule has 1 aromatic heterocycles. The van der Waals surface area contributed by atoms with Crippen molar-refractivity contribution in [3.05, 3.63) is 94.3 Å². The molecule has 23 heavy (non-hydrogen) atoms. The lowest BCUT2D eigenvalue weighted by atomic mass is 9.96. The predicted molar refractivity (Wildman–Crippen MR) is 90.0 cm³/mol. The van der Waals surface area contributed by atoms with Crippen LogP contribution in [0.5, 0.6) is 0 Å². The van der Waals surface area contributed by atoms with Gasteiger partial charge in [-0.05, 0) is 13.8 Å². The molecular formula is C20H17NO2. The van der Waals surface area contributed by atoms with Crippen LogP contribution in [0.4, 0.5) is 0 Å². The third-order valence-electron chi connectivity index (χ3n) is 3.86. The molecule has 0 aliphatic heterocycles. The van der Waals surface area contributed by atoms with E-state index in [0.29, 0.717) is 22.3 Å². The number of aromatic nitrogens is 1. The standard InChI is InChI=1S/C20H17NO2/c1-13-3-7-15(8-4-13)19(22)17-11-21-12-18(17)20(23)16-9-5-14(2)6-10-16/h3-12,21H,1-2H3. The van der Waals surface area contributed by atoms with Gasteiger partial charge in [0.1, 0.15) is 0 Å². The van der Waals surface area contributed by atoms with E-state index in [2.05, 4.69) is 4.98 Å². The fourth-order valence-corrected chi connectivity index (χ4v) is 2.46. The number of carbonyl (C=O) groups excluding carboxylic acids is 2. The normalized spacial score (nSPS) is 10.5. The van der Waals surface area contributed by atoms with Gasteiger partial charge in [-0.2, -0.15) is 0 Å². The monoisotopic (exact) mass is 303 g/mol. The molecule has 1 heterocycles. The molecule has 0 saturated carbocycles. The zero-order valence-electron chi connectivity index (χ0n) is 13.1. The quantitative estimate of drug-likeness (QED) is 0.738. The van der Waals surface area contributed by atoms with Crippen molar-refractivity contribution in [1.29, 1.82) is 0 Å². The van der Waals surface area contributed by atoms with Crippen LogP contribution in [0.1, 0.15) is 43.0 Å². The second-order valence-corrected chi connectivity index (χ2v) is 5.67. The summed E-state index contributed by atoms with van der Waals surface area (Å²) in [5, 5.41) is 0. The van der Waals surface area contributed by atoms with Crippen molar-refractivity contribution < 1.29 is 9.59 Å². The molecule has 0 atom stereocenters. The minimum atomic E-state index is -0.151. The zero-order chi connectivity index (χ0) is 16.4. The van der Waals surface area contributed by atoms with Crippen LogP contribution in [-0.2, 0) is 0 Å². The fourth-order valence-electron chi connectivity index (χ4n) is 2.46. The van der Waals surface area contributed by atoms with Gasteiger partial charge in [-0.1, -0.05) is 59.7 Å². The minimum absolute atomic E-state index is 0.151. The van der Waals surface area contributed by atoms with Crippen molar-refractivity contribution in [3.63, 3.8) is 0 Å². The van der Waals surface area contributed by atoms with Crippen LogP contribution in [-0.4, -0.2) is 16.6 Å². The van der Waals surface area contributed by atoms with E-state index < -0.39 is 0 Å². The number of benzene rings is 2. The molecule has 0 unspecified atom stereocenters. The topological polar surface area (TPSA) is 49.9 Å². The van der Waals surface area contributed by atoms with E-state index >= 15 is 0 Å². The third kappa shape index (κ3) is 2.99. The van der Waals surface area contributed by atoms with Crippen LogP contribution in [0.2, 0.25) is 0 Å². The third-order valence-corrected chi connectivity index (χ3v) is 3.86. The molecule has 0 fully saturated rings. The van der Waals surface area contributed by atoms with E-state index in [1.807, 2.05) is 38.1 Å². The van der Waals surface area contributed by atoms with Crippen molar-refractivity contribution >= 4 is 11.6 Å². The zero-order valence-corrected chi connectivity index (χ0v) is 13.1. The Hall–Kier alpha value is -2.94. The number of nitrogens with one attached hydrogen (secondary N) is 1. The predicted octanol–water partition coefficient (Wildman–Crippen LogP) is 4.09. The summed E-state index contributed by atoms with van der Waals surface area (Å²) in [6, 6.07) is 14.7. The van der Waals surface area contributed by atoms with E-state index in [-0.39, 0.29) is 11.6 Å². The van der Waals surface area contributed by atoms with E-state index in [9.17, 15) is 9.59 Å². The lowest BCUT2D eigenvalue weighted by Gasteiger charge is -2.04. The maximum atomic E-state index is 12.7. The summed E-state index contributed by atoms with van der Waals surface area (Å²) in [5.74, 6) is -0.302. The van der Waals surface area contributed by atoms with Crippen LogP contribution in [0.25, 0.3) is 0 Å². The lowest BCUT2D eigenvalue weighted by Crippen LogP contribution is -2.08. The van der Waals surface area contributed by atoms with Gasteiger partial charge in [0.25, 0.3) is 0 Å². The average Bonchev–Trinajstić information content (AvgIpc) is 3.04. The van der Waals surface area contributed by atoms with E-state index in [1.165, 1.54) is 0 Å². The van der Waals surface area contributed by atoms with Gasteiger partial charge in [-0.15, -0.1) is 0 Å². The Morgan fingerprint density at radius 1 is 0.652 bits per heavy atom. The van der Waals surface area contributed by atoms with Gasteiger partial charge < -0.3 is 4.98 Å². The second kappa shape index (κ2) is 6.05. The Morgan fingerprint density at radius 2 is 1.00 bits per heavy atom. The van der Waals surface area contributed by atoms with Crippen molar-refractivity contribution in [1.82, 2.24) is 4.98 Å². The van der Waals surface area contributed by atoms with Crippen molar-refractivity contribution in [3.8, 4) is 0 Å². The molecule has 114 valence electrons. The fraction of sp³-hybridized carbons (Fsp3) is 0.100. The van der Waals surface area contributed by atoms with Gasteiger partial charge in [0.15, 0.2) is 11.6 Å². The number of hydrogen-bond donors (Lipinski definition) is 1. The van der Waals surface area contributed by atoms with E-state index in [1.54, 1.807) is 36.7 Å². The Morgan fingerprint density at radius 3 is 1.35 bits per heavy atom. The molecular weight excluding hydrogens is 286 g/mol. The first-order valence-electron chi connectivity index (χ1n) is 7.46. The number of aromatic amines is 1. The van der Waals surface area contributed by atoms with Gasteiger partial charge in [-0.3, -0.25) is 9.59 Å². The van der Waals surface area contributed by atoms with E-state index in [0.717, 1.165) is 11.1 Å². The van der Waals surface area contributed by atoms with Gasteiger partial charge in [0.2, 0.25) is 0 Å². The van der Waals surface area contributed by atoms with E-state index in [4.69, 9.17) is 0 Å². The first-order valence-corrected chi connectivity index (χ1v) is 7.46. The second-order valence-electron chi connectivity index (χ2n) is 5.67. The molecule has 3 heteroatoms. The Labute approximate surface area is 135 Å². The highest BCUT2D eigenvalue weighted by atomic mass is 16.1. The summed E-state index contributed by atoms with van der Waals surface area (Å²) in [6.07, 6.45) is 3.17. The number of carbonyl (C=O) groups is 2. The largest absolute Gasteiger partial charge is 0.366 e. The van der Waals surface area contributed by atoms with Crippen LogP contribution in [0.3, 0.4) is 0 Å². The first kappa shape index (κ1) is 15.0. The molecule has 0 saturated heterocycles. The molecule has 0 amide bonds. The maximum Gasteiger partial charge on any atom is 0.195 e. The molecule has 1 N–H and O–H groups in total. The summed E-state index contributed by atoms with van der Waals surface area (Å²) >= 11 is 0. The summed E-state index contributed by atoms with van der Waals surface area (Å²) in [5.41, 5.74) is 4.14. The van der Waals surface area contributed by atoms with Gasteiger partial charge in [0.05, 0.1) is 11.1 Å². The molecule has 0 aliphatic rings. The summed E-state index contributed by atoms with van der Waals surface area (Å²) in [6.45, 7) is 3.94. The molecule has 3 aromatic rings. The smallest absolute Gasteiger partial charge is 0.195 e. The molecule has 0 spiro atoms. The number of ketones is 2. The maximum absolute atomic E-state index is 12.7. The number of aryl methyl sites for hydroxylation is 2. The molecule has 0 aliphatic carbocycles. The number of H-pyrrole nitrogens is 1. The molecule has 0 radical (unpaired) electrons. The van der Waals surface area contributed by atoms with Crippen LogP contribution < -0.4 is 0 Å². The molecule has 2 aromatic carbocycles. The molecule has 0 bridgehead atoms. The Kier molecular flexibility index (Phi) is 3.94. The number of hydrogen-bond acceptors (Lipinski definition) is 2. The number of rotatable bonds is 4. The first-order chi connectivity index (χ1) is 11.1. The van der Waals surface area contributed by atoms with Crippen LogP contribution >= 0.6 is 0 Å². The van der Waals surface area contributed by atoms with Crippen molar-refractivity contribution in [2.24, 2.45) is 0 Å². The van der Waals surface area contributed by atoms with Gasteiger partial charge in [0, 0.05) is 23.5 Å². The van der Waals surface area contributed by atoms with Crippen LogP contribution in [0, 0.1) is 13.8 Å². The highest BCUT2D eigenvalue weighted by Gasteiger charge is 2.20. The highest BCUT2D eigenvalue weighted by Crippen LogP contribution is 2.19.